The number of halogens is 2. The predicted octanol–water partition coefficient (Wildman–Crippen LogP) is 3.56. The van der Waals surface area contributed by atoms with Crippen LogP contribution in [0.15, 0.2) is 35.1 Å². The molecule has 0 radical (unpaired) electrons. The second-order valence-corrected chi connectivity index (χ2v) is 7.52. The molecule has 108 valence electrons. The minimum absolute atomic E-state index is 0.339. The molecule has 0 bridgehead atoms. The van der Waals surface area contributed by atoms with Gasteiger partial charge in [-0.2, -0.15) is 4.68 Å². The number of methoxy groups -OCH3 is 1. The Balaban J connectivity index is 2.14. The van der Waals surface area contributed by atoms with Crippen molar-refractivity contribution in [3.8, 4) is 22.1 Å². The van der Waals surface area contributed by atoms with Crippen molar-refractivity contribution in [3.63, 3.8) is 0 Å². The predicted molar refractivity (Wildman–Crippen MR) is 91.8 cm³/mol. The molecule has 0 atom stereocenters. The Morgan fingerprint density at radius 1 is 1.38 bits per heavy atom. The van der Waals surface area contributed by atoms with E-state index in [1.165, 1.54) is 11.8 Å². The van der Waals surface area contributed by atoms with Crippen LogP contribution < -0.4 is 10.4 Å². The zero-order chi connectivity index (χ0) is 15.0. The van der Waals surface area contributed by atoms with Crippen molar-refractivity contribution in [2.45, 2.75) is 0 Å². The number of hydrogen-bond acceptors (Lipinski definition) is 4. The molecule has 0 unspecified atom stereocenters. The van der Waals surface area contributed by atoms with E-state index in [1.807, 2.05) is 12.1 Å². The fraction of sp³-hybridized carbons (Fsp3) is 0.0769. The second-order valence-electron chi connectivity index (χ2n) is 4.11. The zero-order valence-corrected chi connectivity index (χ0v) is 14.5. The number of hydrogen-bond donors (Lipinski definition) is 1. The average molecular weight is 434 g/mol. The number of rotatable bonds is 3. The highest BCUT2D eigenvalue weighted by Crippen LogP contribution is 2.28. The van der Waals surface area contributed by atoms with Crippen LogP contribution in [0.5, 0.6) is 5.75 Å². The standard InChI is InChI=1S/C13H9ClIN3O2S/c1-20-9-3-2-7(14)6-8(9)18-13(19)16-12(17-18)10-4-5-11(15)21-10/h2-6H,1H3,(H,16,17,19). The van der Waals surface area contributed by atoms with E-state index in [-0.39, 0.29) is 5.69 Å². The van der Waals surface area contributed by atoms with Crippen molar-refractivity contribution < 1.29 is 4.74 Å². The quantitative estimate of drug-likeness (QED) is 0.643. The highest BCUT2D eigenvalue weighted by atomic mass is 127. The van der Waals surface area contributed by atoms with Gasteiger partial charge < -0.3 is 4.74 Å². The van der Waals surface area contributed by atoms with Gasteiger partial charge in [-0.3, -0.25) is 4.98 Å². The summed E-state index contributed by atoms with van der Waals surface area (Å²) in [5, 5.41) is 4.84. The Morgan fingerprint density at radius 3 is 2.86 bits per heavy atom. The summed E-state index contributed by atoms with van der Waals surface area (Å²) in [5.74, 6) is 1.05. The van der Waals surface area contributed by atoms with Gasteiger partial charge in [0.2, 0.25) is 0 Å². The summed E-state index contributed by atoms with van der Waals surface area (Å²) in [5.41, 5.74) is 0.165. The summed E-state index contributed by atoms with van der Waals surface area (Å²) in [7, 11) is 1.53. The normalized spacial score (nSPS) is 10.8. The lowest BCUT2D eigenvalue weighted by atomic mass is 10.3. The smallest absolute Gasteiger partial charge is 0.348 e. The van der Waals surface area contributed by atoms with Crippen molar-refractivity contribution in [2.24, 2.45) is 0 Å². The van der Waals surface area contributed by atoms with Crippen LogP contribution in [0, 0.1) is 2.88 Å². The third-order valence-corrected chi connectivity index (χ3v) is 4.93. The number of nitrogens with one attached hydrogen (secondary N) is 1. The fourth-order valence-corrected chi connectivity index (χ4v) is 3.60. The van der Waals surface area contributed by atoms with Crippen molar-refractivity contribution >= 4 is 45.5 Å². The van der Waals surface area contributed by atoms with Crippen LogP contribution in [0.4, 0.5) is 0 Å². The highest BCUT2D eigenvalue weighted by molar-refractivity contribution is 14.1. The molecule has 3 aromatic rings. The molecule has 0 saturated heterocycles. The van der Waals surface area contributed by atoms with Crippen LogP contribution >= 0.6 is 45.5 Å². The van der Waals surface area contributed by atoms with Gasteiger partial charge in [-0.15, -0.1) is 16.4 Å². The molecule has 0 fully saturated rings. The minimum atomic E-state index is -0.339. The van der Waals surface area contributed by atoms with Crippen molar-refractivity contribution in [3.05, 3.63) is 48.7 Å². The second kappa shape index (κ2) is 5.82. The first kappa shape index (κ1) is 14.6. The molecule has 0 saturated carbocycles. The van der Waals surface area contributed by atoms with Crippen LogP contribution in [-0.2, 0) is 0 Å². The molecule has 0 amide bonds. The van der Waals surface area contributed by atoms with Crippen LogP contribution in [0.3, 0.4) is 0 Å². The Morgan fingerprint density at radius 2 is 2.19 bits per heavy atom. The molecule has 1 N–H and O–H groups in total. The van der Waals surface area contributed by atoms with E-state index >= 15 is 0 Å². The van der Waals surface area contributed by atoms with E-state index < -0.39 is 0 Å². The summed E-state index contributed by atoms with van der Waals surface area (Å²) in [6.45, 7) is 0. The van der Waals surface area contributed by atoms with Gasteiger partial charge in [0, 0.05) is 5.02 Å². The maximum atomic E-state index is 12.1. The molecule has 2 heterocycles. The molecule has 5 nitrogen and oxygen atoms in total. The number of benzene rings is 1. The summed E-state index contributed by atoms with van der Waals surface area (Å²) in [6.07, 6.45) is 0. The van der Waals surface area contributed by atoms with Crippen LogP contribution in [-0.4, -0.2) is 21.9 Å². The molecule has 8 heteroatoms. The SMILES string of the molecule is COc1ccc(Cl)cc1-n1nc(-c2ccc(I)s2)[nH]c1=O. The lowest BCUT2D eigenvalue weighted by molar-refractivity contribution is 0.411. The maximum Gasteiger partial charge on any atom is 0.348 e. The largest absolute Gasteiger partial charge is 0.494 e. The van der Waals surface area contributed by atoms with Crippen molar-refractivity contribution in [1.29, 1.82) is 0 Å². The first-order valence-electron chi connectivity index (χ1n) is 5.87. The lowest BCUT2D eigenvalue weighted by Gasteiger charge is -2.07. The van der Waals surface area contributed by atoms with Gasteiger partial charge in [0.15, 0.2) is 5.82 Å². The molecule has 0 aliphatic carbocycles. The summed E-state index contributed by atoms with van der Waals surface area (Å²) >= 11 is 9.77. The van der Waals surface area contributed by atoms with Crippen LogP contribution in [0.1, 0.15) is 0 Å². The number of ether oxygens (including phenoxy) is 1. The minimum Gasteiger partial charge on any atom is -0.494 e. The first-order chi connectivity index (χ1) is 10.1. The highest BCUT2D eigenvalue weighted by Gasteiger charge is 2.14. The molecule has 3 rings (SSSR count). The Labute approximate surface area is 142 Å². The average Bonchev–Trinajstić information content (AvgIpc) is 3.05. The summed E-state index contributed by atoms with van der Waals surface area (Å²) in [4.78, 5) is 15.8. The first-order valence-corrected chi connectivity index (χ1v) is 8.15. The summed E-state index contributed by atoms with van der Waals surface area (Å²) < 4.78 is 7.64. The topological polar surface area (TPSA) is 59.9 Å². The number of aromatic amines is 1. The van der Waals surface area contributed by atoms with E-state index in [2.05, 4.69) is 32.7 Å². The monoisotopic (exact) mass is 433 g/mol. The van der Waals surface area contributed by atoms with Gasteiger partial charge in [-0.25, -0.2) is 4.79 Å². The van der Waals surface area contributed by atoms with E-state index in [0.717, 1.165) is 7.76 Å². The molecule has 1 aromatic carbocycles. The number of aromatic nitrogens is 3. The Bertz CT molecular complexity index is 855. The van der Waals surface area contributed by atoms with E-state index in [9.17, 15) is 4.79 Å². The zero-order valence-electron chi connectivity index (χ0n) is 10.8. The van der Waals surface area contributed by atoms with Gasteiger partial charge in [0.25, 0.3) is 0 Å². The van der Waals surface area contributed by atoms with Gasteiger partial charge >= 0.3 is 5.69 Å². The molecule has 2 aromatic heterocycles. The molecular weight excluding hydrogens is 425 g/mol. The Kier molecular flexibility index (Phi) is 4.05. The third kappa shape index (κ3) is 2.85. The molecule has 0 spiro atoms. The Hall–Kier alpha value is -1.32. The van der Waals surface area contributed by atoms with E-state index in [1.54, 1.807) is 29.5 Å². The molecule has 0 aliphatic heterocycles. The van der Waals surface area contributed by atoms with Crippen molar-refractivity contribution in [1.82, 2.24) is 14.8 Å². The van der Waals surface area contributed by atoms with Gasteiger partial charge in [-0.05, 0) is 52.9 Å². The van der Waals surface area contributed by atoms with E-state index in [4.69, 9.17) is 16.3 Å². The van der Waals surface area contributed by atoms with Crippen molar-refractivity contribution in [2.75, 3.05) is 7.11 Å². The number of H-pyrrole nitrogens is 1. The molecular formula is C13H9ClIN3O2S. The van der Waals surface area contributed by atoms with Crippen LogP contribution in [0.2, 0.25) is 5.02 Å². The van der Waals surface area contributed by atoms with Gasteiger partial charge in [-0.1, -0.05) is 11.6 Å². The lowest BCUT2D eigenvalue weighted by Crippen LogP contribution is -2.16. The maximum absolute atomic E-state index is 12.1. The molecule has 21 heavy (non-hydrogen) atoms. The molecule has 0 aliphatic rings. The van der Waals surface area contributed by atoms with Gasteiger partial charge in [0.1, 0.15) is 11.4 Å². The van der Waals surface area contributed by atoms with E-state index in [0.29, 0.717) is 22.3 Å². The summed E-state index contributed by atoms with van der Waals surface area (Å²) in [6, 6.07) is 8.93. The fourth-order valence-electron chi connectivity index (χ4n) is 1.87. The van der Waals surface area contributed by atoms with Crippen LogP contribution in [0.25, 0.3) is 16.4 Å². The number of thiophene rings is 1. The van der Waals surface area contributed by atoms with Gasteiger partial charge in [0.05, 0.1) is 14.9 Å². The third-order valence-electron chi connectivity index (χ3n) is 2.79. The number of nitrogens with zero attached hydrogens (tertiary/aromatic N) is 2.